The fourth-order valence-corrected chi connectivity index (χ4v) is 3.10. The second kappa shape index (κ2) is 6.57. The largest absolute Gasteiger partial charge is 0.497 e. The molecule has 0 unspecified atom stereocenters. The second-order valence-electron chi connectivity index (χ2n) is 6.13. The van der Waals surface area contributed by atoms with Crippen molar-refractivity contribution < 1.29 is 24.5 Å². The van der Waals surface area contributed by atoms with E-state index in [4.69, 9.17) is 4.74 Å². The monoisotopic (exact) mass is 341 g/mol. The van der Waals surface area contributed by atoms with Gasteiger partial charge in [-0.3, -0.25) is 4.79 Å². The highest BCUT2D eigenvalue weighted by atomic mass is 16.5. The quantitative estimate of drug-likeness (QED) is 0.889. The lowest BCUT2D eigenvalue weighted by atomic mass is 9.93. The third kappa shape index (κ3) is 3.34. The highest BCUT2D eigenvalue weighted by Crippen LogP contribution is 2.33. The van der Waals surface area contributed by atoms with Gasteiger partial charge in [0.15, 0.2) is 0 Å². The molecule has 2 aromatic carbocycles. The van der Waals surface area contributed by atoms with Crippen LogP contribution in [0.2, 0.25) is 0 Å². The fraction of sp³-hybridized carbons (Fsp3) is 0.263. The van der Waals surface area contributed by atoms with Crippen LogP contribution in [0.25, 0.3) is 0 Å². The lowest BCUT2D eigenvalue weighted by Gasteiger charge is -2.24. The molecule has 3 rings (SSSR count). The molecule has 0 aliphatic carbocycles. The number of rotatable bonds is 4. The predicted molar refractivity (Wildman–Crippen MR) is 90.8 cm³/mol. The zero-order valence-electron chi connectivity index (χ0n) is 13.8. The number of hydrogen-bond donors (Lipinski definition) is 2. The van der Waals surface area contributed by atoms with Gasteiger partial charge in [-0.2, -0.15) is 0 Å². The standard InChI is InChI=1S/C19H19NO5/c1-25-16-10-13(9-14(11-16)18(22)23)17(21)20-8-7-19(24,12-20)15-5-3-2-4-6-15/h2-6,9-11,24H,7-8,12H2,1H3,(H,22,23)/t19-/m1/s1. The number of amides is 1. The highest BCUT2D eigenvalue weighted by Gasteiger charge is 2.39. The lowest BCUT2D eigenvalue weighted by Crippen LogP contribution is -2.34. The van der Waals surface area contributed by atoms with Gasteiger partial charge in [0.1, 0.15) is 11.4 Å². The number of methoxy groups -OCH3 is 1. The van der Waals surface area contributed by atoms with Crippen molar-refractivity contribution in [3.8, 4) is 5.75 Å². The molecule has 0 spiro atoms. The third-order valence-corrected chi connectivity index (χ3v) is 4.48. The van der Waals surface area contributed by atoms with Crippen molar-refractivity contribution in [1.29, 1.82) is 0 Å². The highest BCUT2D eigenvalue weighted by molar-refractivity contribution is 5.98. The van der Waals surface area contributed by atoms with E-state index in [9.17, 15) is 19.8 Å². The Morgan fingerprint density at radius 1 is 1.12 bits per heavy atom. The van der Waals surface area contributed by atoms with Crippen molar-refractivity contribution in [2.75, 3.05) is 20.2 Å². The van der Waals surface area contributed by atoms with Gasteiger partial charge in [-0.15, -0.1) is 0 Å². The number of aromatic carboxylic acids is 1. The Morgan fingerprint density at radius 3 is 2.44 bits per heavy atom. The molecule has 2 N–H and O–H groups in total. The van der Waals surface area contributed by atoms with Gasteiger partial charge >= 0.3 is 5.97 Å². The second-order valence-corrected chi connectivity index (χ2v) is 6.13. The maximum absolute atomic E-state index is 12.8. The molecule has 1 aliphatic heterocycles. The minimum atomic E-state index is -1.13. The summed E-state index contributed by atoms with van der Waals surface area (Å²) in [6.07, 6.45) is 0.429. The van der Waals surface area contributed by atoms with E-state index in [2.05, 4.69) is 0 Å². The molecule has 1 fully saturated rings. The summed E-state index contributed by atoms with van der Waals surface area (Å²) in [6.45, 7) is 0.555. The van der Waals surface area contributed by atoms with Crippen LogP contribution >= 0.6 is 0 Å². The summed E-state index contributed by atoms with van der Waals surface area (Å²) in [4.78, 5) is 25.5. The van der Waals surface area contributed by atoms with E-state index >= 15 is 0 Å². The first-order valence-corrected chi connectivity index (χ1v) is 7.92. The van der Waals surface area contributed by atoms with Gasteiger partial charge < -0.3 is 19.8 Å². The Labute approximate surface area is 145 Å². The molecule has 0 radical (unpaired) electrons. The first-order chi connectivity index (χ1) is 11.9. The van der Waals surface area contributed by atoms with E-state index in [0.29, 0.717) is 18.7 Å². The van der Waals surface area contributed by atoms with Crippen LogP contribution < -0.4 is 4.74 Å². The minimum Gasteiger partial charge on any atom is -0.497 e. The Bertz CT molecular complexity index is 805. The molecule has 0 aromatic heterocycles. The number of hydrogen-bond acceptors (Lipinski definition) is 4. The summed E-state index contributed by atoms with van der Waals surface area (Å²) in [7, 11) is 1.42. The van der Waals surface area contributed by atoms with Gasteiger partial charge in [0.2, 0.25) is 0 Å². The SMILES string of the molecule is COc1cc(C(=O)O)cc(C(=O)N2CC[C@](O)(c3ccccc3)C2)c1. The Kier molecular flexibility index (Phi) is 4.46. The summed E-state index contributed by atoms with van der Waals surface area (Å²) in [5.41, 5.74) is -0.109. The van der Waals surface area contributed by atoms with Crippen molar-refractivity contribution in [3.05, 3.63) is 65.2 Å². The molecule has 2 aromatic rings. The molecule has 1 saturated heterocycles. The fourth-order valence-electron chi connectivity index (χ4n) is 3.10. The van der Waals surface area contributed by atoms with Gasteiger partial charge in [0, 0.05) is 12.1 Å². The molecule has 0 saturated carbocycles. The molecule has 6 heteroatoms. The summed E-state index contributed by atoms with van der Waals surface area (Å²) < 4.78 is 5.09. The van der Waals surface area contributed by atoms with Crippen LogP contribution in [0.5, 0.6) is 5.75 Å². The number of aliphatic hydroxyl groups is 1. The molecule has 1 heterocycles. The van der Waals surface area contributed by atoms with Crippen molar-refractivity contribution in [2.45, 2.75) is 12.0 Å². The molecule has 130 valence electrons. The average molecular weight is 341 g/mol. The number of β-amino-alcohol motifs (C(OH)–C–C–N with tert-alkyl or cyclic N) is 1. The van der Waals surface area contributed by atoms with E-state index in [-0.39, 0.29) is 23.6 Å². The van der Waals surface area contributed by atoms with Crippen LogP contribution in [0.15, 0.2) is 48.5 Å². The summed E-state index contributed by atoms with van der Waals surface area (Å²) in [5, 5.41) is 20.0. The number of carbonyl (C=O) groups excluding carboxylic acids is 1. The molecular formula is C19H19NO5. The number of carboxylic acids is 1. The first kappa shape index (κ1) is 17.0. The smallest absolute Gasteiger partial charge is 0.335 e. The molecule has 1 atom stereocenters. The van der Waals surface area contributed by atoms with Crippen molar-refractivity contribution in [2.24, 2.45) is 0 Å². The van der Waals surface area contributed by atoms with E-state index in [1.54, 1.807) is 0 Å². The van der Waals surface area contributed by atoms with Gasteiger partial charge in [-0.25, -0.2) is 4.79 Å². The Balaban J connectivity index is 1.85. The van der Waals surface area contributed by atoms with Crippen LogP contribution in [0, 0.1) is 0 Å². The van der Waals surface area contributed by atoms with Crippen LogP contribution in [-0.4, -0.2) is 47.2 Å². The van der Waals surface area contributed by atoms with Gasteiger partial charge in [-0.1, -0.05) is 30.3 Å². The molecule has 1 aliphatic rings. The third-order valence-electron chi connectivity index (χ3n) is 4.48. The molecule has 0 bridgehead atoms. The molecule has 1 amide bonds. The van der Waals surface area contributed by atoms with E-state index in [1.807, 2.05) is 30.3 Å². The zero-order valence-corrected chi connectivity index (χ0v) is 13.8. The average Bonchev–Trinajstić information content (AvgIpc) is 3.05. The Hall–Kier alpha value is -2.86. The number of carbonyl (C=O) groups is 2. The maximum Gasteiger partial charge on any atom is 0.335 e. The predicted octanol–water partition coefficient (Wildman–Crippen LogP) is 2.13. The van der Waals surface area contributed by atoms with Crippen LogP contribution in [0.3, 0.4) is 0 Å². The van der Waals surface area contributed by atoms with Gasteiger partial charge in [-0.05, 0) is 30.2 Å². The summed E-state index contributed by atoms with van der Waals surface area (Å²) in [5.74, 6) is -1.15. The van der Waals surface area contributed by atoms with Gasteiger partial charge in [0.25, 0.3) is 5.91 Å². The van der Waals surface area contributed by atoms with Crippen molar-refractivity contribution in [1.82, 2.24) is 4.90 Å². The first-order valence-electron chi connectivity index (χ1n) is 7.92. The molecule has 6 nitrogen and oxygen atoms in total. The number of likely N-dealkylation sites (tertiary alicyclic amines) is 1. The summed E-state index contributed by atoms with van der Waals surface area (Å²) >= 11 is 0. The van der Waals surface area contributed by atoms with Crippen LogP contribution in [-0.2, 0) is 5.60 Å². The number of nitrogens with zero attached hydrogens (tertiary/aromatic N) is 1. The summed E-state index contributed by atoms with van der Waals surface area (Å²) in [6, 6.07) is 13.4. The number of ether oxygens (including phenoxy) is 1. The van der Waals surface area contributed by atoms with Crippen LogP contribution in [0.1, 0.15) is 32.7 Å². The van der Waals surface area contributed by atoms with E-state index < -0.39 is 11.6 Å². The number of benzene rings is 2. The topological polar surface area (TPSA) is 87.1 Å². The van der Waals surface area contributed by atoms with E-state index in [1.165, 1.54) is 30.2 Å². The Morgan fingerprint density at radius 2 is 1.80 bits per heavy atom. The minimum absolute atomic E-state index is 0.0137. The van der Waals surface area contributed by atoms with Gasteiger partial charge in [0.05, 0.1) is 19.2 Å². The molecule has 25 heavy (non-hydrogen) atoms. The zero-order chi connectivity index (χ0) is 18.0. The van der Waals surface area contributed by atoms with E-state index in [0.717, 1.165) is 5.56 Å². The van der Waals surface area contributed by atoms with Crippen molar-refractivity contribution in [3.63, 3.8) is 0 Å². The lowest BCUT2D eigenvalue weighted by molar-refractivity contribution is 0.0417. The normalized spacial score (nSPS) is 19.7. The van der Waals surface area contributed by atoms with Crippen LogP contribution in [0.4, 0.5) is 0 Å². The number of carboxylic acid groups (broad SMARTS) is 1. The maximum atomic E-state index is 12.8. The molecular weight excluding hydrogens is 322 g/mol. The van der Waals surface area contributed by atoms with Crippen molar-refractivity contribution >= 4 is 11.9 Å².